The van der Waals surface area contributed by atoms with Gasteiger partial charge in [-0.2, -0.15) is 0 Å². The summed E-state index contributed by atoms with van der Waals surface area (Å²) in [6.45, 7) is 2.48. The number of fused-ring (bicyclic) bond motifs is 2. The first-order chi connectivity index (χ1) is 6.31. The van der Waals surface area contributed by atoms with Gasteiger partial charge in [-0.05, 0) is 37.5 Å². The van der Waals surface area contributed by atoms with Crippen LogP contribution in [0.2, 0.25) is 0 Å². The molecule has 13 heavy (non-hydrogen) atoms. The number of hydrogen-bond acceptors (Lipinski definition) is 3. The minimum Gasteiger partial charge on any atom is -0.396 e. The van der Waals surface area contributed by atoms with Crippen molar-refractivity contribution in [2.24, 2.45) is 17.8 Å². The summed E-state index contributed by atoms with van der Waals surface area (Å²) in [7, 11) is 0. The first-order valence-corrected chi connectivity index (χ1v) is 4.87. The highest BCUT2D eigenvalue weighted by Gasteiger charge is 2.34. The van der Waals surface area contributed by atoms with Crippen molar-refractivity contribution in [3.05, 3.63) is 12.2 Å². The van der Waals surface area contributed by atoms with Gasteiger partial charge in [-0.3, -0.25) is 5.26 Å². The highest BCUT2D eigenvalue weighted by molar-refractivity contribution is 5.09. The van der Waals surface area contributed by atoms with E-state index in [9.17, 15) is 0 Å². The third-order valence-electron chi connectivity index (χ3n) is 2.78. The van der Waals surface area contributed by atoms with Gasteiger partial charge in [0.25, 0.3) is 0 Å². The molecule has 2 N–H and O–H groups in total. The summed E-state index contributed by atoms with van der Waals surface area (Å²) >= 11 is 0. The minimum atomic E-state index is 0.375. The van der Waals surface area contributed by atoms with Gasteiger partial charge in [0.05, 0.1) is 6.61 Å². The van der Waals surface area contributed by atoms with E-state index in [2.05, 4.69) is 17.0 Å². The molecule has 0 amide bonds. The number of allylic oxidation sites excluding steroid dienone is 2. The van der Waals surface area contributed by atoms with Crippen molar-refractivity contribution >= 4 is 0 Å². The van der Waals surface area contributed by atoms with Crippen LogP contribution in [-0.4, -0.2) is 23.6 Å². The van der Waals surface area contributed by atoms with Crippen molar-refractivity contribution in [1.82, 2.24) is 0 Å². The average Bonchev–Trinajstić information content (AvgIpc) is 2.79. The zero-order valence-corrected chi connectivity index (χ0v) is 8.02. The smallest absolute Gasteiger partial charge is 0.0791 e. The van der Waals surface area contributed by atoms with Crippen molar-refractivity contribution < 1.29 is 15.3 Å². The first-order valence-electron chi connectivity index (χ1n) is 4.87. The van der Waals surface area contributed by atoms with Gasteiger partial charge in [0.15, 0.2) is 0 Å². The Labute approximate surface area is 79.0 Å². The molecule has 0 aromatic carbocycles. The Balaban J connectivity index is 0.000000184. The second-order valence-electron chi connectivity index (χ2n) is 3.64. The Morgan fingerprint density at radius 2 is 2.08 bits per heavy atom. The van der Waals surface area contributed by atoms with Crippen LogP contribution in [0.1, 0.15) is 19.8 Å². The molecule has 0 aromatic rings. The molecule has 2 aliphatic carbocycles. The number of rotatable bonds is 2. The maximum Gasteiger partial charge on any atom is 0.0791 e. The third kappa shape index (κ3) is 2.79. The number of aliphatic hydroxyl groups is 1. The van der Waals surface area contributed by atoms with Crippen LogP contribution in [0.3, 0.4) is 0 Å². The van der Waals surface area contributed by atoms with E-state index in [0.29, 0.717) is 19.1 Å². The highest BCUT2D eigenvalue weighted by Crippen LogP contribution is 2.42. The molecule has 1 saturated carbocycles. The summed E-state index contributed by atoms with van der Waals surface area (Å²) in [6, 6.07) is 0. The molecule has 0 aromatic heterocycles. The van der Waals surface area contributed by atoms with Gasteiger partial charge >= 0.3 is 0 Å². The molecular weight excluding hydrogens is 168 g/mol. The van der Waals surface area contributed by atoms with E-state index in [0.717, 1.165) is 11.8 Å². The van der Waals surface area contributed by atoms with Crippen LogP contribution in [0.5, 0.6) is 0 Å². The van der Waals surface area contributed by atoms with E-state index < -0.39 is 0 Å². The summed E-state index contributed by atoms with van der Waals surface area (Å²) in [5.74, 6) is 2.13. The lowest BCUT2D eigenvalue weighted by Gasteiger charge is -2.13. The second kappa shape index (κ2) is 5.37. The molecule has 2 rings (SSSR count). The van der Waals surface area contributed by atoms with E-state index in [1.807, 2.05) is 0 Å². The summed E-state index contributed by atoms with van der Waals surface area (Å²) in [6.07, 6.45) is 7.12. The van der Waals surface area contributed by atoms with E-state index in [-0.39, 0.29) is 0 Å². The number of aliphatic hydroxyl groups excluding tert-OH is 1. The minimum absolute atomic E-state index is 0.375. The quantitative estimate of drug-likeness (QED) is 0.392. The maximum absolute atomic E-state index is 8.85. The van der Waals surface area contributed by atoms with Crippen LogP contribution >= 0.6 is 0 Å². The lowest BCUT2D eigenvalue weighted by Crippen LogP contribution is -2.10. The van der Waals surface area contributed by atoms with Crippen molar-refractivity contribution in [2.45, 2.75) is 19.8 Å². The normalized spacial score (nSPS) is 34.5. The average molecular weight is 186 g/mol. The Kier molecular flexibility index (Phi) is 4.42. The van der Waals surface area contributed by atoms with Crippen LogP contribution in [0.25, 0.3) is 0 Å². The van der Waals surface area contributed by atoms with Crippen LogP contribution in [-0.2, 0) is 4.89 Å². The molecule has 3 heteroatoms. The molecule has 3 atom stereocenters. The SMILES string of the molecule is CCOO.OCC1CC2C=CC1C2. The number of hydrogen-bond donors (Lipinski definition) is 2. The standard InChI is InChI=1S/C8H12O.C2H6O2/c9-5-8-4-6-1-2-7(8)3-6;1-2-4-3/h1-2,6-9H,3-5H2;3H,2H2,1H3. The van der Waals surface area contributed by atoms with Gasteiger partial charge in [0.2, 0.25) is 0 Å². The maximum atomic E-state index is 8.85. The molecule has 2 aliphatic rings. The molecule has 3 unspecified atom stereocenters. The van der Waals surface area contributed by atoms with E-state index in [1.54, 1.807) is 6.92 Å². The van der Waals surface area contributed by atoms with Crippen molar-refractivity contribution in [1.29, 1.82) is 0 Å². The lowest BCUT2D eigenvalue weighted by atomic mass is 9.95. The second-order valence-corrected chi connectivity index (χ2v) is 3.64. The van der Waals surface area contributed by atoms with Crippen LogP contribution in [0, 0.1) is 17.8 Å². The first kappa shape index (κ1) is 10.7. The van der Waals surface area contributed by atoms with Gasteiger partial charge in [0.1, 0.15) is 0 Å². The van der Waals surface area contributed by atoms with Crippen molar-refractivity contribution in [3.63, 3.8) is 0 Å². The molecule has 0 saturated heterocycles. The summed E-state index contributed by atoms with van der Waals surface area (Å²) in [5.41, 5.74) is 0. The molecule has 3 nitrogen and oxygen atoms in total. The monoisotopic (exact) mass is 186 g/mol. The Morgan fingerprint density at radius 1 is 1.38 bits per heavy atom. The summed E-state index contributed by atoms with van der Waals surface area (Å²) in [5, 5.41) is 16.2. The van der Waals surface area contributed by atoms with Gasteiger partial charge < -0.3 is 5.11 Å². The molecular formula is C10H18O3. The molecule has 0 aliphatic heterocycles. The Hall–Kier alpha value is -0.380. The van der Waals surface area contributed by atoms with E-state index >= 15 is 0 Å². The zero-order valence-electron chi connectivity index (χ0n) is 8.02. The van der Waals surface area contributed by atoms with Crippen LogP contribution in [0.15, 0.2) is 12.2 Å². The molecule has 0 radical (unpaired) electrons. The third-order valence-corrected chi connectivity index (χ3v) is 2.78. The Bertz CT molecular complexity index is 166. The fraction of sp³-hybridized carbons (Fsp3) is 0.800. The van der Waals surface area contributed by atoms with Gasteiger partial charge in [0, 0.05) is 6.61 Å². The summed E-state index contributed by atoms with van der Waals surface area (Å²) < 4.78 is 0. The molecule has 76 valence electrons. The van der Waals surface area contributed by atoms with Crippen molar-refractivity contribution in [2.75, 3.05) is 13.2 Å². The largest absolute Gasteiger partial charge is 0.396 e. The summed E-state index contributed by atoms with van der Waals surface area (Å²) in [4.78, 5) is 3.54. The van der Waals surface area contributed by atoms with Gasteiger partial charge in [-0.15, -0.1) is 0 Å². The molecule has 0 heterocycles. The zero-order chi connectivity index (χ0) is 9.68. The fourth-order valence-electron chi connectivity index (χ4n) is 2.10. The Morgan fingerprint density at radius 3 is 2.31 bits per heavy atom. The van der Waals surface area contributed by atoms with E-state index in [4.69, 9.17) is 10.4 Å². The van der Waals surface area contributed by atoms with E-state index in [1.165, 1.54) is 12.8 Å². The van der Waals surface area contributed by atoms with Crippen LogP contribution < -0.4 is 0 Å². The molecule has 0 spiro atoms. The topological polar surface area (TPSA) is 49.7 Å². The predicted molar refractivity (Wildman–Crippen MR) is 50.2 cm³/mol. The van der Waals surface area contributed by atoms with Gasteiger partial charge in [-0.1, -0.05) is 12.2 Å². The van der Waals surface area contributed by atoms with Gasteiger partial charge in [-0.25, -0.2) is 4.89 Å². The lowest BCUT2D eigenvalue weighted by molar-refractivity contribution is -0.237. The molecule has 2 bridgehead atoms. The fourth-order valence-corrected chi connectivity index (χ4v) is 2.10. The predicted octanol–water partition coefficient (Wildman–Crippen LogP) is 1.69. The highest BCUT2D eigenvalue weighted by atomic mass is 17.1. The van der Waals surface area contributed by atoms with Crippen molar-refractivity contribution in [3.8, 4) is 0 Å². The molecule has 1 fully saturated rings. The van der Waals surface area contributed by atoms with Crippen LogP contribution in [0.4, 0.5) is 0 Å².